The molecule has 0 saturated carbocycles. The normalized spacial score (nSPS) is 29.6. The summed E-state index contributed by atoms with van der Waals surface area (Å²) in [6, 6.07) is 8.56. The number of hydrogen-bond donors (Lipinski definition) is 2. The molecule has 3 aliphatic heterocycles. The van der Waals surface area contributed by atoms with Gasteiger partial charge in [0.25, 0.3) is 5.91 Å². The number of rotatable bonds is 1. The van der Waals surface area contributed by atoms with E-state index in [0.717, 1.165) is 47.2 Å². The van der Waals surface area contributed by atoms with E-state index in [9.17, 15) is 4.79 Å². The third-order valence-corrected chi connectivity index (χ3v) is 7.13. The molecule has 1 amide bonds. The van der Waals surface area contributed by atoms with E-state index < -0.39 is 0 Å². The molecule has 7 heteroatoms. The zero-order valence-corrected chi connectivity index (χ0v) is 16.6. The minimum Gasteiger partial charge on any atom is -0.482 e. The maximum atomic E-state index is 11.7. The Morgan fingerprint density at radius 2 is 2.19 bits per heavy atom. The first kappa shape index (κ1) is 17.5. The first-order valence-electron chi connectivity index (χ1n) is 9.28. The smallest absolute Gasteiger partial charge is 0.262 e. The Labute approximate surface area is 167 Å². The molecule has 1 aromatic carbocycles. The number of carbonyl (C=O) groups is 1. The Morgan fingerprint density at radius 3 is 3.07 bits per heavy atom. The summed E-state index contributed by atoms with van der Waals surface area (Å²) in [7, 11) is 0. The van der Waals surface area contributed by atoms with Crippen molar-refractivity contribution in [2.45, 2.75) is 43.9 Å². The molecule has 1 saturated heterocycles. The van der Waals surface area contributed by atoms with E-state index in [1.165, 1.54) is 10.4 Å². The predicted molar refractivity (Wildman–Crippen MR) is 106 cm³/mol. The van der Waals surface area contributed by atoms with Crippen molar-refractivity contribution < 1.29 is 14.3 Å². The minimum absolute atomic E-state index is 0.0733. The lowest BCUT2D eigenvalue weighted by Gasteiger charge is -2.46. The molecule has 27 heavy (non-hydrogen) atoms. The summed E-state index contributed by atoms with van der Waals surface area (Å²) < 4.78 is 12.7. The van der Waals surface area contributed by atoms with E-state index in [2.05, 4.69) is 29.7 Å². The lowest BCUT2D eigenvalue weighted by Crippen LogP contribution is -2.49. The summed E-state index contributed by atoms with van der Waals surface area (Å²) in [5.41, 5.74) is 2.90. The maximum absolute atomic E-state index is 11.7. The van der Waals surface area contributed by atoms with Gasteiger partial charge in [-0.05, 0) is 49.1 Å². The van der Waals surface area contributed by atoms with Crippen molar-refractivity contribution >= 4 is 34.5 Å². The number of carbonyl (C=O) groups excluding carboxylic acids is 1. The molecule has 1 aromatic heterocycles. The van der Waals surface area contributed by atoms with Crippen molar-refractivity contribution in [3.8, 4) is 5.75 Å². The van der Waals surface area contributed by atoms with Crippen molar-refractivity contribution in [1.82, 2.24) is 5.32 Å². The number of anilines is 1. The Hall–Kier alpha value is -1.60. The van der Waals surface area contributed by atoms with Crippen LogP contribution in [-0.2, 0) is 21.6 Å². The topological polar surface area (TPSA) is 59.6 Å². The predicted octanol–water partition coefficient (Wildman–Crippen LogP) is 4.01. The third-order valence-electron chi connectivity index (χ3n) is 5.64. The summed E-state index contributed by atoms with van der Waals surface area (Å²) >= 11 is 7.98. The summed E-state index contributed by atoms with van der Waals surface area (Å²) in [6.07, 6.45) is 2.70. The number of piperidine rings is 1. The number of ether oxygens (including phenoxy) is 2. The summed E-state index contributed by atoms with van der Waals surface area (Å²) in [4.78, 5) is 12.9. The quantitative estimate of drug-likeness (QED) is 0.753. The number of amides is 1. The molecular formula is C20H21ClN2O3S. The fraction of sp³-hybridized carbons (Fsp3) is 0.450. The van der Waals surface area contributed by atoms with Gasteiger partial charge in [-0.1, -0.05) is 17.7 Å². The number of thiophene rings is 1. The van der Waals surface area contributed by atoms with E-state index >= 15 is 0 Å². The first-order chi connectivity index (χ1) is 13.0. The van der Waals surface area contributed by atoms with Crippen molar-refractivity contribution in [3.05, 3.63) is 44.6 Å². The molecule has 1 spiro atoms. The highest BCUT2D eigenvalue weighted by Gasteiger charge is 2.46. The van der Waals surface area contributed by atoms with Gasteiger partial charge in [0.1, 0.15) is 11.4 Å². The molecule has 0 aliphatic carbocycles. The highest BCUT2D eigenvalue weighted by Crippen LogP contribution is 2.50. The van der Waals surface area contributed by atoms with E-state index in [1.807, 2.05) is 12.1 Å². The van der Waals surface area contributed by atoms with Crippen LogP contribution in [0, 0.1) is 0 Å². The summed E-state index contributed by atoms with van der Waals surface area (Å²) in [5.74, 6) is 0.604. The Kier molecular flexibility index (Phi) is 4.20. The van der Waals surface area contributed by atoms with Gasteiger partial charge in [0.2, 0.25) is 0 Å². The number of nitrogens with one attached hydrogen (secondary N) is 2. The van der Waals surface area contributed by atoms with E-state index in [4.69, 9.17) is 21.1 Å². The van der Waals surface area contributed by atoms with Crippen molar-refractivity contribution in [1.29, 1.82) is 0 Å². The monoisotopic (exact) mass is 404 g/mol. The molecule has 5 rings (SSSR count). The highest BCUT2D eigenvalue weighted by molar-refractivity contribution is 7.16. The largest absolute Gasteiger partial charge is 0.482 e. The molecule has 4 heterocycles. The van der Waals surface area contributed by atoms with Crippen LogP contribution in [0.1, 0.15) is 41.8 Å². The molecule has 1 fully saturated rings. The molecule has 2 N–H and O–H groups in total. The minimum atomic E-state index is -0.295. The van der Waals surface area contributed by atoms with Gasteiger partial charge in [-0.25, -0.2) is 0 Å². The van der Waals surface area contributed by atoms with E-state index in [-0.39, 0.29) is 24.2 Å². The molecule has 0 radical (unpaired) electrons. The van der Waals surface area contributed by atoms with Gasteiger partial charge in [-0.15, -0.1) is 11.3 Å². The zero-order chi connectivity index (χ0) is 18.6. The second-order valence-electron chi connectivity index (χ2n) is 7.62. The second-order valence-corrected chi connectivity index (χ2v) is 9.30. The SMILES string of the molecule is C[C@H]1C[C@@]2(C[C@@H](c3ccc4c(c3)NC(=O)CO4)N1)OCCc1cc(Cl)sc12. The Balaban J connectivity index is 1.50. The molecule has 0 unspecified atom stereocenters. The Morgan fingerprint density at radius 1 is 1.30 bits per heavy atom. The third kappa shape index (κ3) is 3.05. The number of halogens is 1. The number of benzene rings is 1. The summed E-state index contributed by atoms with van der Waals surface area (Å²) in [5, 5.41) is 6.60. The van der Waals surface area contributed by atoms with Gasteiger partial charge in [-0.2, -0.15) is 0 Å². The van der Waals surface area contributed by atoms with Crippen LogP contribution >= 0.6 is 22.9 Å². The Bertz CT molecular complexity index is 915. The summed E-state index contributed by atoms with van der Waals surface area (Å²) in [6.45, 7) is 3.00. The van der Waals surface area contributed by atoms with Crippen molar-refractivity contribution in [2.24, 2.45) is 0 Å². The second kappa shape index (κ2) is 6.48. The molecule has 3 atom stereocenters. The van der Waals surface area contributed by atoms with Gasteiger partial charge in [0.15, 0.2) is 6.61 Å². The average molecular weight is 405 g/mol. The van der Waals surface area contributed by atoms with Crippen LogP contribution in [0.4, 0.5) is 5.69 Å². The number of fused-ring (bicyclic) bond motifs is 3. The van der Waals surface area contributed by atoms with Crippen LogP contribution in [0.25, 0.3) is 0 Å². The van der Waals surface area contributed by atoms with Crippen molar-refractivity contribution in [3.63, 3.8) is 0 Å². The maximum Gasteiger partial charge on any atom is 0.262 e. The van der Waals surface area contributed by atoms with Gasteiger partial charge in [0, 0.05) is 23.4 Å². The lowest BCUT2D eigenvalue weighted by atomic mass is 9.78. The van der Waals surface area contributed by atoms with Crippen molar-refractivity contribution in [2.75, 3.05) is 18.5 Å². The standard InChI is InChI=1S/C20H21ClN2O3S/c1-11-8-20(19-13(4-5-26-20)7-17(21)27-19)9-15(22-11)12-2-3-16-14(6-12)23-18(24)10-25-16/h2-3,6-7,11,15,22H,4-5,8-10H2,1H3,(H,23,24)/t11-,15-,20-/m0/s1. The zero-order valence-electron chi connectivity index (χ0n) is 15.0. The van der Waals surface area contributed by atoms with E-state index in [1.54, 1.807) is 11.3 Å². The fourth-order valence-corrected chi connectivity index (χ4v) is 6.06. The molecule has 0 bridgehead atoms. The van der Waals surface area contributed by atoms with Crippen LogP contribution in [0.15, 0.2) is 24.3 Å². The van der Waals surface area contributed by atoms with Gasteiger partial charge < -0.3 is 20.1 Å². The number of hydrogen-bond acceptors (Lipinski definition) is 5. The van der Waals surface area contributed by atoms with E-state index in [0.29, 0.717) is 6.04 Å². The average Bonchev–Trinajstić information content (AvgIpc) is 3.03. The lowest BCUT2D eigenvalue weighted by molar-refractivity contribution is -0.118. The van der Waals surface area contributed by atoms with Crippen LogP contribution in [-0.4, -0.2) is 25.2 Å². The highest BCUT2D eigenvalue weighted by atomic mass is 35.5. The van der Waals surface area contributed by atoms with Crippen LogP contribution in [0.3, 0.4) is 0 Å². The van der Waals surface area contributed by atoms with Gasteiger partial charge in [0.05, 0.1) is 16.6 Å². The molecule has 2 aromatic rings. The fourth-order valence-electron chi connectivity index (χ4n) is 4.59. The van der Waals surface area contributed by atoms with Crippen LogP contribution < -0.4 is 15.4 Å². The van der Waals surface area contributed by atoms with Crippen LogP contribution in [0.2, 0.25) is 4.34 Å². The first-order valence-corrected chi connectivity index (χ1v) is 10.5. The molecule has 142 valence electrons. The van der Waals surface area contributed by atoms with Gasteiger partial charge in [-0.3, -0.25) is 4.79 Å². The molecule has 5 nitrogen and oxygen atoms in total. The van der Waals surface area contributed by atoms with Crippen LogP contribution in [0.5, 0.6) is 5.75 Å². The molecular weight excluding hydrogens is 384 g/mol. The molecule has 3 aliphatic rings. The van der Waals surface area contributed by atoms with Gasteiger partial charge >= 0.3 is 0 Å².